The molecule has 0 radical (unpaired) electrons. The molecule has 2 rings (SSSR count). The maximum atomic E-state index is 11.7. The third kappa shape index (κ3) is 3.29. The summed E-state index contributed by atoms with van der Waals surface area (Å²) in [4.78, 5) is 49.4. The molecule has 1 saturated heterocycles. The van der Waals surface area contributed by atoms with Crippen molar-refractivity contribution < 1.29 is 24.3 Å². The summed E-state index contributed by atoms with van der Waals surface area (Å²) in [6, 6.07) is -0.615. The van der Waals surface area contributed by atoms with Gasteiger partial charge in [-0.05, 0) is 0 Å². The minimum Gasteiger partial charge on any atom is -0.481 e. The summed E-state index contributed by atoms with van der Waals surface area (Å²) in [5.74, 6) is -2.07. The van der Waals surface area contributed by atoms with Crippen molar-refractivity contribution in [3.05, 3.63) is 11.1 Å². The van der Waals surface area contributed by atoms with Crippen LogP contribution in [0.4, 0.5) is 9.93 Å². The molecule has 0 bridgehead atoms. The summed E-state index contributed by atoms with van der Waals surface area (Å²) < 4.78 is 0. The number of carbonyl (C=O) groups is 4. The second-order valence-electron chi connectivity index (χ2n) is 3.90. The van der Waals surface area contributed by atoms with Gasteiger partial charge in [0.15, 0.2) is 5.13 Å². The van der Waals surface area contributed by atoms with E-state index in [0.717, 1.165) is 16.2 Å². The number of aliphatic carboxylic acids is 1. The summed E-state index contributed by atoms with van der Waals surface area (Å²) in [7, 11) is 0. The fourth-order valence-corrected chi connectivity index (χ4v) is 2.24. The van der Waals surface area contributed by atoms with E-state index in [1.165, 1.54) is 5.38 Å². The van der Waals surface area contributed by atoms with Crippen LogP contribution in [0.2, 0.25) is 0 Å². The highest BCUT2D eigenvalue weighted by Crippen LogP contribution is 2.15. The number of carbonyl (C=O) groups excluding carboxylic acids is 3. The Balaban J connectivity index is 1.91. The third-order valence-corrected chi connectivity index (χ3v) is 3.18. The topological polar surface area (TPSA) is 129 Å². The highest BCUT2D eigenvalue weighted by atomic mass is 32.1. The maximum Gasteiger partial charge on any atom is 0.325 e. The van der Waals surface area contributed by atoms with Crippen molar-refractivity contribution in [2.75, 3.05) is 18.4 Å². The van der Waals surface area contributed by atoms with Crippen LogP contribution in [0.1, 0.15) is 5.69 Å². The Bertz CT molecular complexity index is 568. The number of hydrogen-bond donors (Lipinski definition) is 3. The molecule has 0 unspecified atom stereocenters. The Morgan fingerprint density at radius 3 is 2.85 bits per heavy atom. The molecule has 1 aromatic heterocycles. The van der Waals surface area contributed by atoms with Gasteiger partial charge in [0, 0.05) is 5.38 Å². The van der Waals surface area contributed by atoms with Crippen molar-refractivity contribution in [3.63, 3.8) is 0 Å². The molecule has 1 aliphatic heterocycles. The monoisotopic (exact) mass is 298 g/mol. The minimum atomic E-state index is -1.02. The maximum absolute atomic E-state index is 11.7. The number of anilines is 1. The van der Waals surface area contributed by atoms with Gasteiger partial charge >= 0.3 is 12.0 Å². The van der Waals surface area contributed by atoms with Crippen molar-refractivity contribution in [1.82, 2.24) is 15.2 Å². The molecular formula is C10H10N4O5S. The Hall–Kier alpha value is -2.49. The van der Waals surface area contributed by atoms with Crippen LogP contribution in [0.3, 0.4) is 0 Å². The fourth-order valence-electron chi connectivity index (χ4n) is 1.52. The zero-order valence-electron chi connectivity index (χ0n) is 10.1. The molecular weight excluding hydrogens is 288 g/mol. The van der Waals surface area contributed by atoms with Gasteiger partial charge < -0.3 is 15.7 Å². The first kappa shape index (κ1) is 13.9. The Morgan fingerprint density at radius 1 is 1.50 bits per heavy atom. The number of carboxylic acid groups (broad SMARTS) is 1. The quantitative estimate of drug-likeness (QED) is 0.614. The number of thiazole rings is 1. The highest BCUT2D eigenvalue weighted by Gasteiger charge is 2.30. The zero-order chi connectivity index (χ0) is 14.7. The molecule has 106 valence electrons. The van der Waals surface area contributed by atoms with E-state index >= 15 is 0 Å². The molecule has 0 atom stereocenters. The van der Waals surface area contributed by atoms with E-state index in [0.29, 0.717) is 5.69 Å². The van der Waals surface area contributed by atoms with E-state index in [2.05, 4.69) is 15.6 Å². The first-order chi connectivity index (χ1) is 9.45. The van der Waals surface area contributed by atoms with Gasteiger partial charge in [0.05, 0.1) is 18.7 Å². The van der Waals surface area contributed by atoms with E-state index in [1.54, 1.807) is 0 Å². The number of urea groups is 1. The van der Waals surface area contributed by atoms with Crippen LogP contribution in [-0.4, -0.2) is 51.9 Å². The van der Waals surface area contributed by atoms with Crippen molar-refractivity contribution in [2.24, 2.45) is 0 Å². The molecule has 10 heteroatoms. The second-order valence-corrected chi connectivity index (χ2v) is 4.76. The average molecular weight is 298 g/mol. The van der Waals surface area contributed by atoms with E-state index < -0.39 is 30.4 Å². The number of imide groups is 1. The van der Waals surface area contributed by atoms with Gasteiger partial charge in [0.2, 0.25) is 5.91 Å². The molecule has 4 amide bonds. The molecule has 20 heavy (non-hydrogen) atoms. The van der Waals surface area contributed by atoms with Crippen molar-refractivity contribution in [1.29, 1.82) is 0 Å². The third-order valence-electron chi connectivity index (χ3n) is 2.37. The number of carboxylic acids is 1. The number of amides is 4. The number of nitrogens with one attached hydrogen (secondary N) is 2. The summed E-state index contributed by atoms with van der Waals surface area (Å²) in [6.07, 6.45) is -0.237. The van der Waals surface area contributed by atoms with E-state index in [9.17, 15) is 19.2 Å². The Labute approximate surface area is 116 Å². The molecule has 1 aliphatic rings. The van der Waals surface area contributed by atoms with Crippen molar-refractivity contribution in [3.8, 4) is 0 Å². The summed E-state index contributed by atoms with van der Waals surface area (Å²) in [5.41, 5.74) is 0.327. The Kier molecular flexibility index (Phi) is 3.94. The molecule has 9 nitrogen and oxygen atoms in total. The predicted molar refractivity (Wildman–Crippen MR) is 67.2 cm³/mol. The van der Waals surface area contributed by atoms with E-state index in [1.807, 2.05) is 0 Å². The molecule has 0 saturated carbocycles. The molecule has 3 N–H and O–H groups in total. The lowest BCUT2D eigenvalue weighted by molar-refractivity contribution is -0.136. The largest absolute Gasteiger partial charge is 0.481 e. The molecule has 0 spiro atoms. The SMILES string of the molecule is O=C(O)Cc1csc(NC(=O)CN2C(=O)CNC2=O)n1. The standard InChI is InChI=1S/C10H10N4O5S/c15-6(3-14-7(16)2-11-10(14)19)13-9-12-5(4-20-9)1-8(17)18/h4H,1-3H2,(H,11,19)(H,17,18)(H,12,13,15). The molecule has 1 fully saturated rings. The van der Waals surface area contributed by atoms with Crippen LogP contribution in [0.15, 0.2) is 5.38 Å². The van der Waals surface area contributed by atoms with Crippen molar-refractivity contribution in [2.45, 2.75) is 6.42 Å². The van der Waals surface area contributed by atoms with Crippen LogP contribution in [0, 0.1) is 0 Å². The lowest BCUT2D eigenvalue weighted by Gasteiger charge is -2.10. The fraction of sp³-hybridized carbons (Fsp3) is 0.300. The lowest BCUT2D eigenvalue weighted by Crippen LogP contribution is -2.38. The van der Waals surface area contributed by atoms with Crippen LogP contribution in [0.25, 0.3) is 0 Å². The van der Waals surface area contributed by atoms with Gasteiger partial charge in [-0.15, -0.1) is 11.3 Å². The predicted octanol–water partition coefficient (Wildman–Crippen LogP) is -0.740. The number of rotatable bonds is 5. The van der Waals surface area contributed by atoms with Crippen LogP contribution < -0.4 is 10.6 Å². The summed E-state index contributed by atoms with van der Waals surface area (Å²) in [6.45, 7) is -0.523. The molecule has 1 aromatic rings. The number of nitrogens with zero attached hydrogens (tertiary/aromatic N) is 2. The van der Waals surface area contributed by atoms with Gasteiger partial charge in [-0.1, -0.05) is 0 Å². The smallest absolute Gasteiger partial charge is 0.325 e. The first-order valence-electron chi connectivity index (χ1n) is 5.50. The van der Waals surface area contributed by atoms with Gasteiger partial charge in [0.25, 0.3) is 5.91 Å². The van der Waals surface area contributed by atoms with E-state index in [4.69, 9.17) is 5.11 Å². The summed E-state index contributed by atoms with van der Waals surface area (Å²) in [5, 5.41) is 15.0. The van der Waals surface area contributed by atoms with Crippen LogP contribution >= 0.6 is 11.3 Å². The average Bonchev–Trinajstić information content (AvgIpc) is 2.90. The molecule has 2 heterocycles. The first-order valence-corrected chi connectivity index (χ1v) is 6.38. The summed E-state index contributed by atoms with van der Waals surface area (Å²) >= 11 is 1.07. The lowest BCUT2D eigenvalue weighted by atomic mass is 10.3. The van der Waals surface area contributed by atoms with Crippen molar-refractivity contribution >= 4 is 40.3 Å². The zero-order valence-corrected chi connectivity index (χ0v) is 10.9. The van der Waals surface area contributed by atoms with E-state index in [-0.39, 0.29) is 18.1 Å². The van der Waals surface area contributed by atoms with Gasteiger partial charge in [-0.25, -0.2) is 9.78 Å². The Morgan fingerprint density at radius 2 is 2.25 bits per heavy atom. The van der Waals surface area contributed by atoms with Crippen LogP contribution in [-0.2, 0) is 20.8 Å². The molecule has 0 aromatic carbocycles. The second kappa shape index (κ2) is 5.65. The van der Waals surface area contributed by atoms with Gasteiger partial charge in [0.1, 0.15) is 6.54 Å². The normalized spacial score (nSPS) is 14.3. The highest BCUT2D eigenvalue weighted by molar-refractivity contribution is 7.13. The number of aromatic nitrogens is 1. The van der Waals surface area contributed by atoms with Crippen LogP contribution in [0.5, 0.6) is 0 Å². The minimum absolute atomic E-state index is 0.119. The van der Waals surface area contributed by atoms with Gasteiger partial charge in [-0.3, -0.25) is 19.3 Å². The molecule has 0 aliphatic carbocycles. The van der Waals surface area contributed by atoms with Gasteiger partial charge in [-0.2, -0.15) is 0 Å². The number of hydrogen-bond acceptors (Lipinski definition) is 6.